The fourth-order valence-corrected chi connectivity index (χ4v) is 0.835. The van der Waals surface area contributed by atoms with Gasteiger partial charge in [0.1, 0.15) is 6.61 Å². The molecule has 0 aromatic rings. The number of rotatable bonds is 7. The number of ether oxygens (including phenoxy) is 1. The molecule has 0 amide bonds. The van der Waals surface area contributed by atoms with E-state index in [1.54, 1.807) is 6.08 Å². The quantitative estimate of drug-likeness (QED) is 0.331. The summed E-state index contributed by atoms with van der Waals surface area (Å²) in [5.74, 6) is 6.01. The van der Waals surface area contributed by atoms with Gasteiger partial charge in [0, 0.05) is 6.42 Å². The van der Waals surface area contributed by atoms with Crippen molar-refractivity contribution in [2.45, 2.75) is 25.7 Å². The third-order valence-corrected chi connectivity index (χ3v) is 1.49. The van der Waals surface area contributed by atoms with Gasteiger partial charge in [0.25, 0.3) is 0 Å². The summed E-state index contributed by atoms with van der Waals surface area (Å²) in [6.45, 7) is 8.32. The summed E-state index contributed by atoms with van der Waals surface area (Å²) in [5.41, 5.74) is 0. The highest BCUT2D eigenvalue weighted by Gasteiger charge is 1.81. The van der Waals surface area contributed by atoms with Crippen molar-refractivity contribution < 1.29 is 4.74 Å². The van der Waals surface area contributed by atoms with Crippen LogP contribution in [0.15, 0.2) is 25.3 Å². The monoisotopic (exact) mass is 178 g/mol. The molecule has 0 spiro atoms. The van der Waals surface area contributed by atoms with E-state index in [1.165, 1.54) is 6.42 Å². The van der Waals surface area contributed by atoms with Crippen molar-refractivity contribution in [1.29, 1.82) is 0 Å². The van der Waals surface area contributed by atoms with Gasteiger partial charge in [-0.05, 0) is 19.3 Å². The molecule has 0 saturated carbocycles. The highest BCUT2D eigenvalue weighted by Crippen LogP contribution is 1.98. The standard InChI is InChI=1S/C12H18O/c1-3-5-6-7-8-9-10-12-13-11-4-2/h3-4H,1-2,5-8,11-12H2. The van der Waals surface area contributed by atoms with Crippen LogP contribution in [0.5, 0.6) is 0 Å². The van der Waals surface area contributed by atoms with Crippen molar-refractivity contribution in [3.8, 4) is 11.8 Å². The minimum absolute atomic E-state index is 0.521. The van der Waals surface area contributed by atoms with Crippen LogP contribution in [0.4, 0.5) is 0 Å². The normalized spacial score (nSPS) is 8.62. The number of hydrogen-bond acceptors (Lipinski definition) is 1. The molecule has 0 aliphatic carbocycles. The van der Waals surface area contributed by atoms with Gasteiger partial charge in [0.15, 0.2) is 0 Å². The lowest BCUT2D eigenvalue weighted by Gasteiger charge is -1.91. The molecule has 0 atom stereocenters. The molecule has 1 heteroatoms. The molecule has 0 aromatic heterocycles. The van der Waals surface area contributed by atoms with Crippen molar-refractivity contribution in [2.24, 2.45) is 0 Å². The average molecular weight is 178 g/mol. The van der Waals surface area contributed by atoms with Gasteiger partial charge in [0.2, 0.25) is 0 Å². The van der Waals surface area contributed by atoms with Gasteiger partial charge < -0.3 is 4.74 Å². The van der Waals surface area contributed by atoms with Crippen LogP contribution in [-0.4, -0.2) is 13.2 Å². The molecule has 0 unspecified atom stereocenters. The van der Waals surface area contributed by atoms with Crippen molar-refractivity contribution in [2.75, 3.05) is 13.2 Å². The summed E-state index contributed by atoms with van der Waals surface area (Å²) >= 11 is 0. The predicted octanol–water partition coefficient (Wildman–Crippen LogP) is 2.94. The first kappa shape index (κ1) is 12.0. The summed E-state index contributed by atoms with van der Waals surface area (Å²) in [6, 6.07) is 0. The smallest absolute Gasteiger partial charge is 0.108 e. The Kier molecular flexibility index (Phi) is 10.2. The molecule has 0 bridgehead atoms. The maximum Gasteiger partial charge on any atom is 0.108 e. The van der Waals surface area contributed by atoms with Gasteiger partial charge >= 0.3 is 0 Å². The summed E-state index contributed by atoms with van der Waals surface area (Å²) < 4.78 is 5.10. The van der Waals surface area contributed by atoms with Crippen LogP contribution < -0.4 is 0 Å². The second kappa shape index (κ2) is 11.0. The van der Waals surface area contributed by atoms with Crippen molar-refractivity contribution in [3.63, 3.8) is 0 Å². The zero-order valence-corrected chi connectivity index (χ0v) is 8.22. The van der Waals surface area contributed by atoms with Crippen LogP contribution in [0.2, 0.25) is 0 Å². The second-order valence-electron chi connectivity index (χ2n) is 2.69. The maximum atomic E-state index is 5.10. The first-order valence-electron chi connectivity index (χ1n) is 4.67. The van der Waals surface area contributed by atoms with E-state index >= 15 is 0 Å². The molecule has 0 fully saturated rings. The molecule has 0 saturated heterocycles. The van der Waals surface area contributed by atoms with E-state index in [4.69, 9.17) is 4.74 Å². The van der Waals surface area contributed by atoms with Crippen LogP contribution in [-0.2, 0) is 4.74 Å². The molecule has 72 valence electrons. The second-order valence-corrected chi connectivity index (χ2v) is 2.69. The fraction of sp³-hybridized carbons (Fsp3) is 0.500. The Bertz CT molecular complexity index is 183. The highest BCUT2D eigenvalue weighted by atomic mass is 16.5. The summed E-state index contributed by atoms with van der Waals surface area (Å²) in [7, 11) is 0. The van der Waals surface area contributed by atoms with Gasteiger partial charge in [-0.2, -0.15) is 0 Å². The minimum Gasteiger partial charge on any atom is -0.365 e. The Morgan fingerprint density at radius 1 is 1.08 bits per heavy atom. The molecule has 0 aromatic carbocycles. The molecule has 0 rings (SSSR count). The van der Waals surface area contributed by atoms with E-state index < -0.39 is 0 Å². The molecule has 13 heavy (non-hydrogen) atoms. The van der Waals surface area contributed by atoms with Gasteiger partial charge in [-0.15, -0.1) is 19.1 Å². The van der Waals surface area contributed by atoms with Crippen LogP contribution in [0.1, 0.15) is 25.7 Å². The lowest BCUT2D eigenvalue weighted by atomic mass is 10.2. The molecule has 0 aliphatic heterocycles. The third kappa shape index (κ3) is 11.0. The SMILES string of the molecule is C=CCCCCC#CCOCC=C. The summed E-state index contributed by atoms with van der Waals surface area (Å²) in [5, 5.41) is 0. The van der Waals surface area contributed by atoms with E-state index in [0.717, 1.165) is 19.3 Å². The largest absolute Gasteiger partial charge is 0.365 e. The Morgan fingerprint density at radius 3 is 2.62 bits per heavy atom. The molecular weight excluding hydrogens is 160 g/mol. The topological polar surface area (TPSA) is 9.23 Å². The molecule has 0 heterocycles. The lowest BCUT2D eigenvalue weighted by molar-refractivity contribution is 0.199. The Hall–Kier alpha value is -1.00. The number of allylic oxidation sites excluding steroid dienone is 1. The molecule has 0 N–H and O–H groups in total. The van der Waals surface area contributed by atoms with Crippen LogP contribution in [0, 0.1) is 11.8 Å². The van der Waals surface area contributed by atoms with Crippen LogP contribution in [0.3, 0.4) is 0 Å². The molecule has 0 radical (unpaired) electrons. The minimum atomic E-state index is 0.521. The Balaban J connectivity index is 3.10. The van der Waals surface area contributed by atoms with Crippen molar-refractivity contribution in [1.82, 2.24) is 0 Å². The van der Waals surface area contributed by atoms with E-state index in [9.17, 15) is 0 Å². The first-order valence-corrected chi connectivity index (χ1v) is 4.67. The maximum absolute atomic E-state index is 5.10. The van der Waals surface area contributed by atoms with Crippen LogP contribution in [0.25, 0.3) is 0 Å². The third-order valence-electron chi connectivity index (χ3n) is 1.49. The zero-order chi connectivity index (χ0) is 9.78. The van der Waals surface area contributed by atoms with E-state index in [0.29, 0.717) is 13.2 Å². The van der Waals surface area contributed by atoms with E-state index in [-0.39, 0.29) is 0 Å². The number of hydrogen-bond donors (Lipinski definition) is 0. The highest BCUT2D eigenvalue weighted by molar-refractivity contribution is 4.99. The lowest BCUT2D eigenvalue weighted by Crippen LogP contribution is -1.89. The van der Waals surface area contributed by atoms with Gasteiger partial charge in [-0.3, -0.25) is 0 Å². The molecular formula is C12H18O. The predicted molar refractivity (Wildman–Crippen MR) is 57.5 cm³/mol. The number of unbranched alkanes of at least 4 members (excludes halogenated alkanes) is 3. The van der Waals surface area contributed by atoms with Crippen molar-refractivity contribution >= 4 is 0 Å². The van der Waals surface area contributed by atoms with Gasteiger partial charge in [-0.1, -0.05) is 18.1 Å². The van der Waals surface area contributed by atoms with Crippen LogP contribution >= 0.6 is 0 Å². The van der Waals surface area contributed by atoms with Crippen molar-refractivity contribution in [3.05, 3.63) is 25.3 Å². The molecule has 1 nitrogen and oxygen atoms in total. The average Bonchev–Trinajstić information content (AvgIpc) is 2.16. The Morgan fingerprint density at radius 2 is 1.92 bits per heavy atom. The van der Waals surface area contributed by atoms with Gasteiger partial charge in [-0.25, -0.2) is 0 Å². The molecule has 0 aliphatic rings. The van der Waals surface area contributed by atoms with E-state index in [1.807, 2.05) is 6.08 Å². The Labute approximate surface area is 81.5 Å². The summed E-state index contributed by atoms with van der Waals surface area (Å²) in [4.78, 5) is 0. The summed E-state index contributed by atoms with van der Waals surface area (Å²) in [6.07, 6.45) is 8.07. The first-order chi connectivity index (χ1) is 6.41. The van der Waals surface area contributed by atoms with Gasteiger partial charge in [0.05, 0.1) is 6.61 Å². The fourth-order valence-electron chi connectivity index (χ4n) is 0.835. The van der Waals surface area contributed by atoms with E-state index in [2.05, 4.69) is 25.0 Å². The zero-order valence-electron chi connectivity index (χ0n) is 8.22.